The maximum atomic E-state index is 12.4. The van der Waals surface area contributed by atoms with Crippen LogP contribution in [0.2, 0.25) is 0 Å². The summed E-state index contributed by atoms with van der Waals surface area (Å²) in [7, 11) is -3.30. The molecule has 1 N–H and O–H groups in total. The second-order valence-corrected chi connectivity index (χ2v) is 9.60. The molecule has 9 nitrogen and oxygen atoms in total. The van der Waals surface area contributed by atoms with Crippen LogP contribution in [0, 0.1) is 0 Å². The first-order chi connectivity index (χ1) is 13.8. The van der Waals surface area contributed by atoms with Crippen LogP contribution in [-0.4, -0.2) is 42.0 Å². The van der Waals surface area contributed by atoms with Gasteiger partial charge in [0, 0.05) is 29.8 Å². The van der Waals surface area contributed by atoms with Crippen LogP contribution in [0.4, 0.5) is 0 Å². The average Bonchev–Trinajstić information content (AvgIpc) is 3.33. The van der Waals surface area contributed by atoms with Crippen molar-refractivity contribution in [1.82, 2.24) is 20.7 Å². The lowest BCUT2D eigenvalue weighted by Crippen LogP contribution is -2.43. The summed E-state index contributed by atoms with van der Waals surface area (Å²) in [6.07, 6.45) is 2.39. The maximum Gasteiger partial charge on any atom is 0.273 e. The van der Waals surface area contributed by atoms with Gasteiger partial charge in [0.1, 0.15) is 5.25 Å². The van der Waals surface area contributed by atoms with Gasteiger partial charge >= 0.3 is 0 Å². The molecule has 2 heterocycles. The predicted octanol–water partition coefficient (Wildman–Crippen LogP) is 2.51. The van der Waals surface area contributed by atoms with Crippen molar-refractivity contribution in [3.63, 3.8) is 0 Å². The van der Waals surface area contributed by atoms with Gasteiger partial charge in [0.2, 0.25) is 11.8 Å². The number of carbonyl (C=O) groups is 1. The molecule has 1 fully saturated rings. The highest BCUT2D eigenvalue weighted by molar-refractivity contribution is 7.90. The molecule has 1 saturated carbocycles. The lowest BCUT2D eigenvalue weighted by atomic mass is 9.80. The second kappa shape index (κ2) is 7.43. The first-order valence-electron chi connectivity index (χ1n) is 9.16. The molecule has 2 aromatic heterocycles. The first kappa shape index (κ1) is 19.3. The largest absolute Gasteiger partial charge is 0.424 e. The van der Waals surface area contributed by atoms with E-state index >= 15 is 0 Å². The van der Waals surface area contributed by atoms with Gasteiger partial charge in [-0.05, 0) is 19.8 Å². The minimum Gasteiger partial charge on any atom is -0.424 e. The monoisotopic (exact) mass is 416 g/mol. The summed E-state index contributed by atoms with van der Waals surface area (Å²) in [5, 5.41) is 13.7. The van der Waals surface area contributed by atoms with Crippen molar-refractivity contribution in [2.45, 2.75) is 37.0 Å². The number of rotatable bonds is 6. The van der Waals surface area contributed by atoms with Crippen molar-refractivity contribution in [3.05, 3.63) is 53.9 Å². The third kappa shape index (κ3) is 4.07. The molecule has 0 radical (unpaired) electrons. The fraction of sp³-hybridized carbons (Fsp3) is 0.368. The molecule has 0 saturated heterocycles. The molecule has 3 aromatic rings. The number of sulfone groups is 1. The maximum absolute atomic E-state index is 12.4. The Morgan fingerprint density at radius 3 is 2.62 bits per heavy atom. The van der Waals surface area contributed by atoms with E-state index in [0.717, 1.165) is 11.8 Å². The van der Waals surface area contributed by atoms with Gasteiger partial charge in [0.15, 0.2) is 21.3 Å². The predicted molar refractivity (Wildman–Crippen MR) is 103 cm³/mol. The van der Waals surface area contributed by atoms with E-state index < -0.39 is 15.1 Å². The Labute approximate surface area is 167 Å². The molecule has 1 unspecified atom stereocenters. The van der Waals surface area contributed by atoms with Gasteiger partial charge in [-0.1, -0.05) is 35.5 Å². The molecule has 10 heteroatoms. The number of aromatic nitrogens is 3. The molecule has 1 aliphatic rings. The van der Waals surface area contributed by atoms with Gasteiger partial charge in [0.05, 0.1) is 0 Å². The molecule has 4 rings (SSSR count). The minimum atomic E-state index is -3.30. The van der Waals surface area contributed by atoms with Gasteiger partial charge in [-0.15, -0.1) is 10.2 Å². The summed E-state index contributed by atoms with van der Waals surface area (Å²) >= 11 is 0. The molecule has 1 amide bonds. The Kier molecular flexibility index (Phi) is 4.95. The summed E-state index contributed by atoms with van der Waals surface area (Å²) in [5.74, 6) is 0.697. The Morgan fingerprint density at radius 1 is 1.21 bits per heavy atom. The molecule has 1 aliphatic carbocycles. The standard InChI is InChI=1S/C19H20N4O5S/c1-11(29(2,25)26)18-21-22-19(27-18)13-8-14(9-13)20-17(24)15-10-16(28-23-15)12-6-4-3-5-7-12/h3-7,10-11,13-14H,8-9H2,1-2H3,(H,20,24). The van der Waals surface area contributed by atoms with Crippen molar-refractivity contribution in [3.8, 4) is 11.3 Å². The van der Waals surface area contributed by atoms with Crippen molar-refractivity contribution in [1.29, 1.82) is 0 Å². The zero-order valence-corrected chi connectivity index (χ0v) is 16.7. The molecular weight excluding hydrogens is 396 g/mol. The van der Waals surface area contributed by atoms with Crippen LogP contribution in [0.15, 0.2) is 45.3 Å². The van der Waals surface area contributed by atoms with Gasteiger partial charge in [-0.2, -0.15) is 0 Å². The van der Waals surface area contributed by atoms with Crippen LogP contribution in [0.1, 0.15) is 53.2 Å². The Balaban J connectivity index is 1.33. The summed E-state index contributed by atoms with van der Waals surface area (Å²) in [6.45, 7) is 1.51. The fourth-order valence-corrected chi connectivity index (χ4v) is 3.54. The topological polar surface area (TPSA) is 128 Å². The SMILES string of the molecule is CC(c1nnc(C2CC(NC(=O)c3cc(-c4ccccc4)on3)C2)o1)S(C)(=O)=O. The summed E-state index contributed by atoms with van der Waals surface area (Å²) in [6, 6.07) is 11.0. The Hall–Kier alpha value is -3.01. The Bertz CT molecular complexity index is 1120. The number of nitrogens with zero attached hydrogens (tertiary/aromatic N) is 3. The fourth-order valence-electron chi connectivity index (χ4n) is 3.08. The molecular formula is C19H20N4O5S. The highest BCUT2D eigenvalue weighted by Crippen LogP contribution is 2.37. The molecule has 29 heavy (non-hydrogen) atoms. The number of hydrogen-bond donors (Lipinski definition) is 1. The molecule has 1 aromatic carbocycles. The van der Waals surface area contributed by atoms with Crippen LogP contribution in [0.3, 0.4) is 0 Å². The number of amides is 1. The quantitative estimate of drug-likeness (QED) is 0.649. The van der Waals surface area contributed by atoms with Crippen molar-refractivity contribution in [2.24, 2.45) is 0 Å². The Morgan fingerprint density at radius 2 is 1.93 bits per heavy atom. The number of benzene rings is 1. The molecule has 152 valence electrons. The van der Waals surface area contributed by atoms with Crippen molar-refractivity contribution < 1.29 is 22.2 Å². The van der Waals surface area contributed by atoms with Gasteiger partial charge in [0.25, 0.3) is 5.91 Å². The number of hydrogen-bond acceptors (Lipinski definition) is 8. The van der Waals surface area contributed by atoms with E-state index in [2.05, 4.69) is 20.7 Å². The van der Waals surface area contributed by atoms with Crippen molar-refractivity contribution in [2.75, 3.05) is 6.26 Å². The average molecular weight is 416 g/mol. The van der Waals surface area contributed by atoms with Crippen LogP contribution in [-0.2, 0) is 9.84 Å². The lowest BCUT2D eigenvalue weighted by Gasteiger charge is -2.33. The second-order valence-electron chi connectivity index (χ2n) is 7.23. The van der Waals surface area contributed by atoms with E-state index in [-0.39, 0.29) is 29.5 Å². The van der Waals surface area contributed by atoms with E-state index in [1.807, 2.05) is 30.3 Å². The van der Waals surface area contributed by atoms with E-state index in [1.54, 1.807) is 6.07 Å². The normalized spacial score (nSPS) is 20.1. The molecule has 1 atom stereocenters. The summed E-state index contributed by atoms with van der Waals surface area (Å²) < 4.78 is 34.0. The highest BCUT2D eigenvalue weighted by Gasteiger charge is 2.36. The van der Waals surface area contributed by atoms with Gasteiger partial charge in [-0.25, -0.2) is 8.42 Å². The van der Waals surface area contributed by atoms with Gasteiger partial charge < -0.3 is 14.3 Å². The highest BCUT2D eigenvalue weighted by atomic mass is 32.2. The minimum absolute atomic E-state index is 0.00880. The van der Waals surface area contributed by atoms with Crippen LogP contribution < -0.4 is 5.32 Å². The van der Waals surface area contributed by atoms with E-state index in [0.29, 0.717) is 24.5 Å². The first-order valence-corrected chi connectivity index (χ1v) is 11.1. The van der Waals surface area contributed by atoms with Crippen molar-refractivity contribution >= 4 is 15.7 Å². The van der Waals surface area contributed by atoms with E-state index in [1.165, 1.54) is 6.92 Å². The molecule has 0 aliphatic heterocycles. The smallest absolute Gasteiger partial charge is 0.273 e. The van der Waals surface area contributed by atoms with E-state index in [9.17, 15) is 13.2 Å². The van der Waals surface area contributed by atoms with Crippen LogP contribution in [0.5, 0.6) is 0 Å². The van der Waals surface area contributed by atoms with Gasteiger partial charge in [-0.3, -0.25) is 4.79 Å². The third-order valence-corrected chi connectivity index (χ3v) is 6.56. The number of carbonyl (C=O) groups excluding carboxylic acids is 1. The summed E-state index contributed by atoms with van der Waals surface area (Å²) in [5.41, 5.74) is 1.06. The number of nitrogens with one attached hydrogen (secondary N) is 1. The van der Waals surface area contributed by atoms with E-state index in [4.69, 9.17) is 8.94 Å². The lowest BCUT2D eigenvalue weighted by molar-refractivity contribution is 0.0894. The third-order valence-electron chi connectivity index (χ3n) is 5.07. The summed E-state index contributed by atoms with van der Waals surface area (Å²) in [4.78, 5) is 12.4. The molecule has 0 bridgehead atoms. The zero-order valence-electron chi connectivity index (χ0n) is 15.9. The van der Waals surface area contributed by atoms with Crippen LogP contribution >= 0.6 is 0 Å². The molecule has 0 spiro atoms. The van der Waals surface area contributed by atoms with Crippen LogP contribution in [0.25, 0.3) is 11.3 Å². The zero-order chi connectivity index (χ0) is 20.6.